The fourth-order valence-corrected chi connectivity index (χ4v) is 2.11. The minimum atomic E-state index is -0.156. The van der Waals surface area contributed by atoms with Gasteiger partial charge in [0.2, 0.25) is 0 Å². The van der Waals surface area contributed by atoms with Crippen molar-refractivity contribution in [2.24, 2.45) is 0 Å². The highest BCUT2D eigenvalue weighted by Crippen LogP contribution is 2.17. The van der Waals surface area contributed by atoms with Crippen LogP contribution in [0.3, 0.4) is 0 Å². The molecule has 0 aromatic carbocycles. The highest BCUT2D eigenvalue weighted by molar-refractivity contribution is 5.58. The summed E-state index contributed by atoms with van der Waals surface area (Å²) in [7, 11) is 0. The molecule has 0 aliphatic carbocycles. The SMILES string of the molecule is CCCc1c(N)nc(-c2cc(C)nc(C)c2)[nH]c1=O. The number of pyridine rings is 1. The first-order valence-electron chi connectivity index (χ1n) is 6.35. The quantitative estimate of drug-likeness (QED) is 0.881. The number of aromatic amines is 1. The van der Waals surface area contributed by atoms with Crippen molar-refractivity contribution in [1.82, 2.24) is 15.0 Å². The van der Waals surface area contributed by atoms with E-state index in [0.29, 0.717) is 23.6 Å². The van der Waals surface area contributed by atoms with E-state index in [2.05, 4.69) is 15.0 Å². The Bertz CT molecular complexity index is 641. The van der Waals surface area contributed by atoms with Crippen LogP contribution in [0.5, 0.6) is 0 Å². The maximum atomic E-state index is 12.0. The monoisotopic (exact) mass is 258 g/mol. The van der Waals surface area contributed by atoms with Crippen molar-refractivity contribution in [2.45, 2.75) is 33.6 Å². The summed E-state index contributed by atoms with van der Waals surface area (Å²) in [4.78, 5) is 23.4. The third-order valence-corrected chi connectivity index (χ3v) is 2.90. The van der Waals surface area contributed by atoms with E-state index in [1.165, 1.54) is 0 Å². The third-order valence-electron chi connectivity index (χ3n) is 2.90. The summed E-state index contributed by atoms with van der Waals surface area (Å²) >= 11 is 0. The van der Waals surface area contributed by atoms with E-state index in [4.69, 9.17) is 5.73 Å². The normalized spacial score (nSPS) is 10.7. The standard InChI is InChI=1S/C14H18N4O/c1-4-5-11-12(15)17-13(18-14(11)19)10-6-8(2)16-9(3)7-10/h6-7H,4-5H2,1-3H3,(H3,15,17,18,19). The van der Waals surface area contributed by atoms with Crippen molar-refractivity contribution in [1.29, 1.82) is 0 Å². The lowest BCUT2D eigenvalue weighted by Gasteiger charge is -2.07. The topological polar surface area (TPSA) is 84.7 Å². The van der Waals surface area contributed by atoms with Gasteiger partial charge >= 0.3 is 0 Å². The first-order chi connectivity index (χ1) is 9.01. The highest BCUT2D eigenvalue weighted by atomic mass is 16.1. The number of hydrogen-bond acceptors (Lipinski definition) is 4. The van der Waals surface area contributed by atoms with Crippen LogP contribution in [-0.2, 0) is 6.42 Å². The lowest BCUT2D eigenvalue weighted by atomic mass is 10.1. The first-order valence-corrected chi connectivity index (χ1v) is 6.35. The Hall–Kier alpha value is -2.17. The minimum Gasteiger partial charge on any atom is -0.383 e. The summed E-state index contributed by atoms with van der Waals surface area (Å²) in [6.45, 7) is 5.81. The van der Waals surface area contributed by atoms with Gasteiger partial charge in [-0.15, -0.1) is 0 Å². The molecule has 2 aromatic heterocycles. The number of hydrogen-bond donors (Lipinski definition) is 2. The van der Waals surface area contributed by atoms with Crippen molar-refractivity contribution in [3.8, 4) is 11.4 Å². The molecule has 2 heterocycles. The number of rotatable bonds is 3. The first kappa shape index (κ1) is 13.3. The average Bonchev–Trinajstić information content (AvgIpc) is 2.32. The molecule has 0 saturated carbocycles. The van der Waals surface area contributed by atoms with Crippen LogP contribution >= 0.6 is 0 Å². The zero-order valence-corrected chi connectivity index (χ0v) is 11.4. The number of nitrogens with zero attached hydrogens (tertiary/aromatic N) is 2. The summed E-state index contributed by atoms with van der Waals surface area (Å²) in [6.07, 6.45) is 1.50. The molecular weight excluding hydrogens is 240 g/mol. The molecule has 0 bridgehead atoms. The van der Waals surface area contributed by atoms with Crippen LogP contribution in [-0.4, -0.2) is 15.0 Å². The van der Waals surface area contributed by atoms with Crippen LogP contribution in [0.2, 0.25) is 0 Å². The number of H-pyrrole nitrogens is 1. The van der Waals surface area contributed by atoms with Crippen LogP contribution < -0.4 is 11.3 Å². The van der Waals surface area contributed by atoms with E-state index in [9.17, 15) is 4.79 Å². The van der Waals surface area contributed by atoms with E-state index in [0.717, 1.165) is 23.4 Å². The molecule has 0 saturated heterocycles. The van der Waals surface area contributed by atoms with Crippen molar-refractivity contribution >= 4 is 5.82 Å². The van der Waals surface area contributed by atoms with Crippen LogP contribution in [0, 0.1) is 13.8 Å². The highest BCUT2D eigenvalue weighted by Gasteiger charge is 2.10. The van der Waals surface area contributed by atoms with Gasteiger partial charge in [0.1, 0.15) is 11.6 Å². The van der Waals surface area contributed by atoms with Gasteiger partial charge < -0.3 is 10.7 Å². The van der Waals surface area contributed by atoms with Crippen molar-refractivity contribution in [3.63, 3.8) is 0 Å². The van der Waals surface area contributed by atoms with E-state index in [-0.39, 0.29) is 5.56 Å². The van der Waals surface area contributed by atoms with Crippen molar-refractivity contribution < 1.29 is 0 Å². The lowest BCUT2D eigenvalue weighted by molar-refractivity contribution is 0.891. The molecule has 2 rings (SSSR count). The minimum absolute atomic E-state index is 0.156. The van der Waals surface area contributed by atoms with Gasteiger partial charge in [0.05, 0.1) is 5.56 Å². The van der Waals surface area contributed by atoms with Gasteiger partial charge in [0, 0.05) is 17.0 Å². The van der Waals surface area contributed by atoms with E-state index in [1.54, 1.807) is 0 Å². The van der Waals surface area contributed by atoms with E-state index in [1.807, 2.05) is 32.9 Å². The van der Waals surface area contributed by atoms with Gasteiger partial charge in [0.25, 0.3) is 5.56 Å². The smallest absolute Gasteiger partial charge is 0.256 e. The molecule has 100 valence electrons. The van der Waals surface area contributed by atoms with Crippen molar-refractivity contribution in [3.05, 3.63) is 39.4 Å². The van der Waals surface area contributed by atoms with Gasteiger partial charge in [-0.1, -0.05) is 13.3 Å². The molecule has 19 heavy (non-hydrogen) atoms. The molecular formula is C14H18N4O. The summed E-state index contributed by atoms with van der Waals surface area (Å²) in [5.74, 6) is 0.809. The molecule has 0 unspecified atom stereocenters. The van der Waals surface area contributed by atoms with Gasteiger partial charge in [0.15, 0.2) is 0 Å². The van der Waals surface area contributed by atoms with Crippen LogP contribution in [0.4, 0.5) is 5.82 Å². The molecule has 0 atom stereocenters. The second-order valence-electron chi connectivity index (χ2n) is 4.67. The number of aryl methyl sites for hydroxylation is 2. The fourth-order valence-electron chi connectivity index (χ4n) is 2.11. The number of nitrogens with two attached hydrogens (primary N) is 1. The summed E-state index contributed by atoms with van der Waals surface area (Å²) in [5, 5.41) is 0. The van der Waals surface area contributed by atoms with Crippen LogP contribution in [0.15, 0.2) is 16.9 Å². The summed E-state index contributed by atoms with van der Waals surface area (Å²) < 4.78 is 0. The number of anilines is 1. The second-order valence-corrected chi connectivity index (χ2v) is 4.67. The Balaban J connectivity index is 2.55. The lowest BCUT2D eigenvalue weighted by Crippen LogP contribution is -2.18. The maximum Gasteiger partial charge on any atom is 0.256 e. The summed E-state index contributed by atoms with van der Waals surface area (Å²) in [5.41, 5.74) is 8.88. The number of aromatic nitrogens is 3. The zero-order chi connectivity index (χ0) is 14.0. The van der Waals surface area contributed by atoms with E-state index >= 15 is 0 Å². The third kappa shape index (κ3) is 2.81. The largest absolute Gasteiger partial charge is 0.383 e. The predicted molar refractivity (Wildman–Crippen MR) is 76.0 cm³/mol. The van der Waals surface area contributed by atoms with Crippen LogP contribution in [0.25, 0.3) is 11.4 Å². The van der Waals surface area contributed by atoms with Gasteiger partial charge in [-0.2, -0.15) is 0 Å². The Labute approximate surface area is 111 Å². The number of nitrogen functional groups attached to an aromatic ring is 1. The van der Waals surface area contributed by atoms with Gasteiger partial charge in [-0.3, -0.25) is 9.78 Å². The van der Waals surface area contributed by atoms with E-state index < -0.39 is 0 Å². The molecule has 5 nitrogen and oxygen atoms in total. The molecule has 5 heteroatoms. The summed E-state index contributed by atoms with van der Waals surface area (Å²) in [6, 6.07) is 3.76. The Kier molecular flexibility index (Phi) is 3.64. The molecule has 3 N–H and O–H groups in total. The molecule has 0 amide bonds. The maximum absolute atomic E-state index is 12.0. The van der Waals surface area contributed by atoms with Gasteiger partial charge in [-0.25, -0.2) is 4.98 Å². The zero-order valence-electron chi connectivity index (χ0n) is 11.4. The molecule has 0 aliphatic rings. The molecule has 0 radical (unpaired) electrons. The van der Waals surface area contributed by atoms with Crippen LogP contribution in [0.1, 0.15) is 30.3 Å². The molecule has 0 fully saturated rings. The molecule has 0 aliphatic heterocycles. The fraction of sp³-hybridized carbons (Fsp3) is 0.357. The Morgan fingerprint density at radius 2 is 1.84 bits per heavy atom. The second kappa shape index (κ2) is 5.22. The average molecular weight is 258 g/mol. The molecule has 2 aromatic rings. The van der Waals surface area contributed by atoms with Gasteiger partial charge in [-0.05, 0) is 32.4 Å². The Morgan fingerprint density at radius 1 is 1.21 bits per heavy atom. The number of nitrogens with one attached hydrogen (secondary N) is 1. The van der Waals surface area contributed by atoms with Crippen molar-refractivity contribution in [2.75, 3.05) is 5.73 Å². The predicted octanol–water partition coefficient (Wildman–Crippen LogP) is 1.98. The molecule has 0 spiro atoms. The Morgan fingerprint density at radius 3 is 2.37 bits per heavy atom.